The van der Waals surface area contributed by atoms with E-state index in [4.69, 9.17) is 4.74 Å². The first-order valence-electron chi connectivity index (χ1n) is 8.86. The molecule has 148 valence electrons. The lowest BCUT2D eigenvalue weighted by Gasteiger charge is -2.49. The third-order valence-electron chi connectivity index (χ3n) is 5.32. The van der Waals surface area contributed by atoms with Crippen LogP contribution in [-0.2, 0) is 14.9 Å². The number of ether oxygens (including phenoxy) is 1. The van der Waals surface area contributed by atoms with Crippen LogP contribution in [0.3, 0.4) is 0 Å². The fourth-order valence-electron chi connectivity index (χ4n) is 3.54. The van der Waals surface area contributed by atoms with E-state index in [-0.39, 0.29) is 19.6 Å². The van der Waals surface area contributed by atoms with Gasteiger partial charge in [-0.15, -0.1) is 0 Å². The van der Waals surface area contributed by atoms with Gasteiger partial charge < -0.3 is 10.1 Å². The van der Waals surface area contributed by atoms with Gasteiger partial charge in [0, 0.05) is 6.54 Å². The minimum atomic E-state index is -1.18. The molecule has 1 aromatic rings. The Hall–Kier alpha value is -2.26. The molecule has 0 aromatic heterocycles. The second-order valence-corrected chi connectivity index (χ2v) is 7.04. The number of nitrogens with one attached hydrogen (secondary N) is 2. The quantitative estimate of drug-likeness (QED) is 0.735. The van der Waals surface area contributed by atoms with Gasteiger partial charge in [-0.2, -0.15) is 5.01 Å². The zero-order chi connectivity index (χ0) is 19.6. The maximum Gasteiger partial charge on any atom is 0.407 e. The normalized spacial score (nSPS) is 27.4. The summed E-state index contributed by atoms with van der Waals surface area (Å²) >= 11 is 0. The van der Waals surface area contributed by atoms with Gasteiger partial charge in [0.1, 0.15) is 30.5 Å². The number of nitrogens with zero attached hydrogens (tertiary/aromatic N) is 2. The third-order valence-corrected chi connectivity index (χ3v) is 5.32. The van der Waals surface area contributed by atoms with E-state index in [1.165, 1.54) is 9.91 Å². The lowest BCUT2D eigenvalue weighted by atomic mass is 9.76. The summed E-state index contributed by atoms with van der Waals surface area (Å²) in [5, 5.41) is 4.02. The Kier molecular flexibility index (Phi) is 5.61. The molecule has 4 unspecified atom stereocenters. The third kappa shape index (κ3) is 3.61. The molecule has 27 heavy (non-hydrogen) atoms. The fraction of sp³-hybridized carbons (Fsp3) is 0.556. The Morgan fingerprint density at radius 1 is 1.44 bits per heavy atom. The van der Waals surface area contributed by atoms with Crippen molar-refractivity contribution in [2.24, 2.45) is 0 Å². The van der Waals surface area contributed by atoms with E-state index < -0.39 is 42.5 Å². The number of carbonyl (C=O) groups excluding carboxylic acids is 2. The average molecular weight is 382 g/mol. The summed E-state index contributed by atoms with van der Waals surface area (Å²) in [5.41, 5.74) is 2.24. The van der Waals surface area contributed by atoms with Crippen molar-refractivity contribution in [1.29, 1.82) is 0 Å². The summed E-state index contributed by atoms with van der Waals surface area (Å²) in [5.74, 6) is -0.416. The minimum absolute atomic E-state index is 0.0145. The number of hydrazine groups is 1. The summed E-state index contributed by atoms with van der Waals surface area (Å²) in [4.78, 5) is 26.3. The zero-order valence-electron chi connectivity index (χ0n) is 15.3. The van der Waals surface area contributed by atoms with Crippen LogP contribution in [0.15, 0.2) is 30.3 Å². The van der Waals surface area contributed by atoms with Gasteiger partial charge in [-0.3, -0.25) is 15.1 Å². The van der Waals surface area contributed by atoms with E-state index in [0.29, 0.717) is 5.56 Å². The molecule has 9 heteroatoms. The number of alkyl carbamates (subject to hydrolysis) is 1. The molecule has 3 rings (SSSR count). The van der Waals surface area contributed by atoms with Gasteiger partial charge in [-0.25, -0.2) is 13.6 Å². The predicted molar refractivity (Wildman–Crippen MR) is 94.2 cm³/mol. The molecule has 2 amide bonds. The van der Waals surface area contributed by atoms with Crippen molar-refractivity contribution < 1.29 is 23.1 Å². The van der Waals surface area contributed by atoms with E-state index in [2.05, 4.69) is 10.7 Å². The molecule has 2 aliphatic heterocycles. The zero-order valence-corrected chi connectivity index (χ0v) is 15.3. The Balaban J connectivity index is 1.81. The number of halogens is 2. The van der Waals surface area contributed by atoms with Crippen molar-refractivity contribution in [1.82, 2.24) is 20.7 Å². The van der Waals surface area contributed by atoms with E-state index in [9.17, 15) is 18.4 Å². The number of cyclic esters (lactones) is 1. The van der Waals surface area contributed by atoms with Crippen LogP contribution in [0.4, 0.5) is 13.6 Å². The highest BCUT2D eigenvalue weighted by atomic mass is 19.1. The van der Waals surface area contributed by atoms with Gasteiger partial charge >= 0.3 is 6.09 Å². The van der Waals surface area contributed by atoms with Crippen molar-refractivity contribution in [3.05, 3.63) is 35.9 Å². The largest absolute Gasteiger partial charge is 0.443 e. The number of carbonyl (C=O) groups is 2. The summed E-state index contributed by atoms with van der Waals surface area (Å²) in [6.07, 6.45) is -3.20. The SMILES string of the molecule is CN(CCF)C1C(F)CN1NC(=O)C(C)(c1ccccc1)C1CNC(=O)O1. The molecule has 2 fully saturated rings. The highest BCUT2D eigenvalue weighted by molar-refractivity contribution is 5.89. The van der Waals surface area contributed by atoms with Crippen molar-refractivity contribution in [3.8, 4) is 0 Å². The first-order chi connectivity index (χ1) is 12.9. The lowest BCUT2D eigenvalue weighted by molar-refractivity contribution is -0.157. The first-order valence-corrected chi connectivity index (χ1v) is 8.86. The van der Waals surface area contributed by atoms with E-state index >= 15 is 0 Å². The molecule has 2 heterocycles. The van der Waals surface area contributed by atoms with Crippen LogP contribution in [0.5, 0.6) is 0 Å². The predicted octanol–water partition coefficient (Wildman–Crippen LogP) is 0.965. The molecule has 2 saturated heterocycles. The summed E-state index contributed by atoms with van der Waals surface area (Å²) in [6.45, 7) is 1.36. The molecule has 0 saturated carbocycles. The molecule has 0 radical (unpaired) electrons. The van der Waals surface area contributed by atoms with E-state index in [0.717, 1.165) is 0 Å². The van der Waals surface area contributed by atoms with Crippen LogP contribution in [0.1, 0.15) is 12.5 Å². The molecular formula is C18H24F2N4O3. The van der Waals surface area contributed by atoms with E-state index in [1.807, 2.05) is 6.07 Å². The number of alkyl halides is 2. The monoisotopic (exact) mass is 382 g/mol. The van der Waals surface area contributed by atoms with Gasteiger partial charge in [0.15, 0.2) is 0 Å². The lowest BCUT2D eigenvalue weighted by Crippen LogP contribution is -2.72. The standard InChI is InChI=1S/C18H24F2N4O3/c1-18(12-6-4-3-5-7-12,14-10-21-17(26)27-14)16(25)22-24-11-13(20)15(24)23(2)9-8-19/h3-7,13-15H,8-11H2,1-2H3,(H,21,26)(H,22,25). The Morgan fingerprint density at radius 3 is 2.70 bits per heavy atom. The molecule has 2 N–H and O–H groups in total. The molecule has 1 aromatic carbocycles. The number of amides is 2. The van der Waals surface area contributed by atoms with Crippen molar-refractivity contribution in [3.63, 3.8) is 0 Å². The van der Waals surface area contributed by atoms with Crippen LogP contribution in [0.2, 0.25) is 0 Å². The van der Waals surface area contributed by atoms with Crippen LogP contribution in [0.25, 0.3) is 0 Å². The molecule has 7 nitrogen and oxygen atoms in total. The van der Waals surface area contributed by atoms with Crippen LogP contribution in [0, 0.1) is 0 Å². The highest BCUT2D eigenvalue weighted by Gasteiger charge is 2.51. The van der Waals surface area contributed by atoms with Gasteiger partial charge in [-0.05, 0) is 19.5 Å². The number of hydrogen-bond acceptors (Lipinski definition) is 5. The van der Waals surface area contributed by atoms with Gasteiger partial charge in [0.25, 0.3) is 0 Å². The smallest absolute Gasteiger partial charge is 0.407 e. The Labute approximate surface area is 156 Å². The summed E-state index contributed by atoms with van der Waals surface area (Å²) in [7, 11) is 1.61. The summed E-state index contributed by atoms with van der Waals surface area (Å²) in [6, 6.07) is 8.99. The molecule has 0 bridgehead atoms. The molecule has 0 aliphatic carbocycles. The number of hydrogen-bond donors (Lipinski definition) is 2. The molecule has 4 atom stereocenters. The number of benzene rings is 1. The maximum atomic E-state index is 14.0. The van der Waals surface area contributed by atoms with Crippen molar-refractivity contribution in [2.45, 2.75) is 30.8 Å². The van der Waals surface area contributed by atoms with Gasteiger partial charge in [0.2, 0.25) is 5.91 Å². The van der Waals surface area contributed by atoms with Crippen LogP contribution in [-0.4, -0.2) is 73.7 Å². The highest BCUT2D eigenvalue weighted by Crippen LogP contribution is 2.33. The minimum Gasteiger partial charge on any atom is -0.443 e. The van der Waals surface area contributed by atoms with Crippen molar-refractivity contribution in [2.75, 3.05) is 33.4 Å². The second kappa shape index (κ2) is 7.77. The van der Waals surface area contributed by atoms with Crippen molar-refractivity contribution >= 4 is 12.0 Å². The Bertz CT molecular complexity index is 692. The molecule has 0 spiro atoms. The molecular weight excluding hydrogens is 358 g/mol. The van der Waals surface area contributed by atoms with Crippen LogP contribution >= 0.6 is 0 Å². The first kappa shape index (κ1) is 19.5. The second-order valence-electron chi connectivity index (χ2n) is 7.04. The average Bonchev–Trinajstić information content (AvgIpc) is 3.08. The maximum absolute atomic E-state index is 14.0. The topological polar surface area (TPSA) is 73.9 Å². The van der Waals surface area contributed by atoms with Gasteiger partial charge in [-0.1, -0.05) is 30.3 Å². The van der Waals surface area contributed by atoms with E-state index in [1.54, 1.807) is 38.2 Å². The Morgan fingerprint density at radius 2 is 2.15 bits per heavy atom. The van der Waals surface area contributed by atoms with Crippen LogP contribution < -0.4 is 10.7 Å². The molecule has 2 aliphatic rings. The number of rotatable bonds is 7. The fourth-order valence-corrected chi connectivity index (χ4v) is 3.54. The van der Waals surface area contributed by atoms with Gasteiger partial charge in [0.05, 0.1) is 13.1 Å². The summed E-state index contributed by atoms with van der Waals surface area (Å²) < 4.78 is 31.9.